The first-order chi connectivity index (χ1) is 5.42. The van der Waals surface area contributed by atoms with E-state index in [1.165, 1.54) is 12.8 Å². The van der Waals surface area contributed by atoms with Crippen LogP contribution < -0.4 is 11.5 Å². The van der Waals surface area contributed by atoms with Gasteiger partial charge in [-0.25, -0.2) is 0 Å². The summed E-state index contributed by atoms with van der Waals surface area (Å²) >= 11 is 0. The molecule has 2 nitrogen and oxygen atoms in total. The lowest BCUT2D eigenvalue weighted by molar-refractivity contribution is 0.275. The van der Waals surface area contributed by atoms with Crippen LogP contribution in [0.1, 0.15) is 33.6 Å². The second-order valence-electron chi connectivity index (χ2n) is 5.29. The summed E-state index contributed by atoms with van der Waals surface area (Å²) < 4.78 is 0. The molecule has 4 unspecified atom stereocenters. The summed E-state index contributed by atoms with van der Waals surface area (Å²) in [6.07, 6.45) is 2.53. The first kappa shape index (κ1) is 8.52. The van der Waals surface area contributed by atoms with Gasteiger partial charge in [0.05, 0.1) is 0 Å². The smallest absolute Gasteiger partial charge is 0.0399 e. The number of hydrogen-bond donors (Lipinski definition) is 2. The molecule has 0 heterocycles. The molecule has 0 spiro atoms. The Morgan fingerprint density at radius 3 is 2.33 bits per heavy atom. The van der Waals surface area contributed by atoms with Crippen LogP contribution in [0.3, 0.4) is 0 Å². The maximum Gasteiger partial charge on any atom is 0.0399 e. The van der Waals surface area contributed by atoms with Gasteiger partial charge in [0, 0.05) is 11.6 Å². The second-order valence-corrected chi connectivity index (χ2v) is 5.29. The highest BCUT2D eigenvalue weighted by molar-refractivity contribution is 5.29. The third-order valence-electron chi connectivity index (χ3n) is 4.56. The van der Waals surface area contributed by atoms with Crippen molar-refractivity contribution in [2.24, 2.45) is 28.7 Å². The van der Waals surface area contributed by atoms with Crippen molar-refractivity contribution in [3.63, 3.8) is 0 Å². The lowest BCUT2D eigenvalue weighted by Crippen LogP contribution is -2.53. The van der Waals surface area contributed by atoms with Crippen molar-refractivity contribution in [3.05, 3.63) is 0 Å². The summed E-state index contributed by atoms with van der Waals surface area (Å²) in [5.41, 5.74) is 12.7. The maximum atomic E-state index is 6.34. The highest BCUT2D eigenvalue weighted by atomic mass is 15.0. The summed E-state index contributed by atoms with van der Waals surface area (Å²) in [4.78, 5) is 0. The van der Waals surface area contributed by atoms with Gasteiger partial charge in [-0.1, -0.05) is 20.8 Å². The summed E-state index contributed by atoms with van der Waals surface area (Å²) in [7, 11) is 0. The Bertz CT molecular complexity index is 212. The van der Waals surface area contributed by atoms with Crippen molar-refractivity contribution in [2.75, 3.05) is 0 Å². The zero-order valence-electron chi connectivity index (χ0n) is 8.30. The van der Waals surface area contributed by atoms with Crippen molar-refractivity contribution in [2.45, 2.75) is 45.2 Å². The fourth-order valence-electron chi connectivity index (χ4n) is 3.28. The third kappa shape index (κ3) is 0.686. The van der Waals surface area contributed by atoms with Crippen LogP contribution in [0.4, 0.5) is 0 Å². The van der Waals surface area contributed by atoms with Gasteiger partial charge in [0.2, 0.25) is 0 Å². The van der Waals surface area contributed by atoms with E-state index in [1.54, 1.807) is 0 Å². The van der Waals surface area contributed by atoms with Crippen molar-refractivity contribution in [1.82, 2.24) is 0 Å². The molecule has 0 aromatic carbocycles. The average molecular weight is 168 g/mol. The van der Waals surface area contributed by atoms with Gasteiger partial charge < -0.3 is 11.5 Å². The molecule has 2 fully saturated rings. The van der Waals surface area contributed by atoms with Gasteiger partial charge in [-0.15, -0.1) is 0 Å². The minimum atomic E-state index is -0.0509. The lowest BCUT2D eigenvalue weighted by atomic mass is 9.82. The van der Waals surface area contributed by atoms with Crippen molar-refractivity contribution < 1.29 is 0 Å². The first-order valence-corrected chi connectivity index (χ1v) is 4.97. The maximum absolute atomic E-state index is 6.34. The van der Waals surface area contributed by atoms with Gasteiger partial charge in [0.25, 0.3) is 0 Å². The van der Waals surface area contributed by atoms with E-state index < -0.39 is 0 Å². The van der Waals surface area contributed by atoms with Crippen molar-refractivity contribution in [3.8, 4) is 0 Å². The Morgan fingerprint density at radius 2 is 1.83 bits per heavy atom. The Kier molecular flexibility index (Phi) is 1.45. The molecule has 70 valence electrons. The molecule has 2 aliphatic carbocycles. The highest BCUT2D eigenvalue weighted by Gasteiger charge is 2.72. The molecule has 2 rings (SSSR count). The fourth-order valence-corrected chi connectivity index (χ4v) is 3.28. The number of hydrogen-bond acceptors (Lipinski definition) is 2. The molecule has 2 aliphatic rings. The average Bonchev–Trinajstić information content (AvgIpc) is 2.42. The first-order valence-electron chi connectivity index (χ1n) is 4.97. The van der Waals surface area contributed by atoms with Gasteiger partial charge >= 0.3 is 0 Å². The van der Waals surface area contributed by atoms with Gasteiger partial charge in [0.1, 0.15) is 0 Å². The third-order valence-corrected chi connectivity index (χ3v) is 4.56. The topological polar surface area (TPSA) is 52.0 Å². The van der Waals surface area contributed by atoms with Gasteiger partial charge in [-0.3, -0.25) is 0 Å². The van der Waals surface area contributed by atoms with Crippen molar-refractivity contribution in [1.29, 1.82) is 0 Å². The standard InChI is InChI=1S/C10H20N2/c1-6-4-5-7-9(2,3)10(7,12)8(6)11/h6-8H,4-5,11-12H2,1-3H3. The molecule has 0 radical (unpaired) electrons. The quantitative estimate of drug-likeness (QED) is 0.569. The van der Waals surface area contributed by atoms with E-state index in [2.05, 4.69) is 20.8 Å². The number of rotatable bonds is 0. The molecule has 4 N–H and O–H groups in total. The van der Waals surface area contributed by atoms with E-state index in [0.29, 0.717) is 11.8 Å². The fraction of sp³-hybridized carbons (Fsp3) is 1.00. The molecule has 0 bridgehead atoms. The Hall–Kier alpha value is -0.0800. The number of nitrogens with two attached hydrogens (primary N) is 2. The molecular formula is C10H20N2. The highest BCUT2D eigenvalue weighted by Crippen LogP contribution is 2.66. The molecule has 0 aliphatic heterocycles. The number of fused-ring (bicyclic) bond motifs is 1. The molecule has 4 atom stereocenters. The van der Waals surface area contributed by atoms with Gasteiger partial charge in [-0.05, 0) is 30.1 Å². The molecular weight excluding hydrogens is 148 g/mol. The van der Waals surface area contributed by atoms with E-state index in [9.17, 15) is 0 Å². The van der Waals surface area contributed by atoms with Crippen LogP contribution in [0.5, 0.6) is 0 Å². The largest absolute Gasteiger partial charge is 0.326 e. The molecule has 0 saturated heterocycles. The minimum Gasteiger partial charge on any atom is -0.326 e. The minimum absolute atomic E-state index is 0.0509. The van der Waals surface area contributed by atoms with Crippen LogP contribution in [-0.4, -0.2) is 11.6 Å². The van der Waals surface area contributed by atoms with Crippen LogP contribution in [0.25, 0.3) is 0 Å². The van der Waals surface area contributed by atoms with Crippen LogP contribution in [-0.2, 0) is 0 Å². The monoisotopic (exact) mass is 168 g/mol. The normalized spacial score (nSPS) is 56.2. The molecule has 12 heavy (non-hydrogen) atoms. The van der Waals surface area contributed by atoms with Crippen LogP contribution in [0.15, 0.2) is 0 Å². The Balaban J connectivity index is 2.26. The molecule has 0 aromatic heterocycles. The van der Waals surface area contributed by atoms with E-state index in [4.69, 9.17) is 11.5 Å². The molecule has 0 aromatic rings. The van der Waals surface area contributed by atoms with Crippen LogP contribution in [0, 0.1) is 17.3 Å². The van der Waals surface area contributed by atoms with Gasteiger partial charge in [-0.2, -0.15) is 0 Å². The zero-order valence-corrected chi connectivity index (χ0v) is 8.30. The summed E-state index contributed by atoms with van der Waals surface area (Å²) in [6, 6.07) is 0.214. The van der Waals surface area contributed by atoms with E-state index >= 15 is 0 Å². The lowest BCUT2D eigenvalue weighted by Gasteiger charge is -2.32. The predicted molar refractivity (Wildman–Crippen MR) is 50.6 cm³/mol. The molecule has 0 amide bonds. The van der Waals surface area contributed by atoms with E-state index in [0.717, 1.165) is 0 Å². The van der Waals surface area contributed by atoms with Crippen molar-refractivity contribution >= 4 is 0 Å². The van der Waals surface area contributed by atoms with Crippen LogP contribution in [0.2, 0.25) is 0 Å². The van der Waals surface area contributed by atoms with Gasteiger partial charge in [0.15, 0.2) is 0 Å². The summed E-state index contributed by atoms with van der Waals surface area (Å²) in [5.74, 6) is 1.28. The molecule has 2 heteroatoms. The van der Waals surface area contributed by atoms with E-state index in [1.807, 2.05) is 0 Å². The summed E-state index contributed by atoms with van der Waals surface area (Å²) in [5, 5.41) is 0. The second kappa shape index (κ2) is 2.05. The Morgan fingerprint density at radius 1 is 1.25 bits per heavy atom. The SMILES string of the molecule is CC1CCC2C(C)(C)C2(N)C1N. The Labute approximate surface area is 74.7 Å². The van der Waals surface area contributed by atoms with Crippen LogP contribution >= 0.6 is 0 Å². The zero-order chi connectivity index (χ0) is 9.15. The predicted octanol–water partition coefficient (Wildman–Crippen LogP) is 1.10. The summed E-state index contributed by atoms with van der Waals surface area (Å²) in [6.45, 7) is 6.75. The molecule has 2 saturated carbocycles. The van der Waals surface area contributed by atoms with E-state index in [-0.39, 0.29) is 17.0 Å².